The number of morpholine rings is 1. The van der Waals surface area contributed by atoms with Crippen LogP contribution in [0.2, 0.25) is 0 Å². The van der Waals surface area contributed by atoms with Gasteiger partial charge in [-0.2, -0.15) is 0 Å². The summed E-state index contributed by atoms with van der Waals surface area (Å²) in [6.45, 7) is 4.96. The molecule has 2 aliphatic rings. The van der Waals surface area contributed by atoms with E-state index >= 15 is 0 Å². The van der Waals surface area contributed by atoms with E-state index in [2.05, 4.69) is 10.1 Å². The van der Waals surface area contributed by atoms with Gasteiger partial charge in [-0.15, -0.1) is 0 Å². The Hall–Kier alpha value is -2.48. The molecule has 0 spiro atoms. The minimum absolute atomic E-state index is 0.0749. The first kappa shape index (κ1) is 17.9. The van der Waals surface area contributed by atoms with E-state index < -0.39 is 12.0 Å². The van der Waals surface area contributed by atoms with Gasteiger partial charge in [-0.1, -0.05) is 19.0 Å². The smallest absolute Gasteiger partial charge is 0.305 e. The highest BCUT2D eigenvalue weighted by Crippen LogP contribution is 2.41. The predicted molar refractivity (Wildman–Crippen MR) is 95.8 cm³/mol. The van der Waals surface area contributed by atoms with Gasteiger partial charge in [-0.3, -0.25) is 9.59 Å². The quantitative estimate of drug-likeness (QED) is 0.858. The zero-order chi connectivity index (χ0) is 19.1. The monoisotopic (exact) mass is 373 g/mol. The third kappa shape index (κ3) is 3.41. The average Bonchev–Trinajstić information content (AvgIpc) is 3.39. The van der Waals surface area contributed by atoms with Gasteiger partial charge in [0.25, 0.3) is 11.6 Å². The molecule has 144 valence electrons. The molecule has 4 rings (SSSR count). The van der Waals surface area contributed by atoms with Gasteiger partial charge in [0.15, 0.2) is 0 Å². The van der Waals surface area contributed by atoms with E-state index in [1.807, 2.05) is 19.9 Å². The summed E-state index contributed by atoms with van der Waals surface area (Å²) < 4.78 is 10.9. The maximum Gasteiger partial charge on any atom is 0.305 e. The van der Waals surface area contributed by atoms with Crippen molar-refractivity contribution in [2.75, 3.05) is 19.8 Å². The van der Waals surface area contributed by atoms with E-state index in [0.29, 0.717) is 41.4 Å². The number of fused-ring (bicyclic) bond motifs is 1. The molecule has 2 aromatic heterocycles. The first-order valence-corrected chi connectivity index (χ1v) is 9.36. The number of carboxylic acid groups (broad SMARTS) is 1. The van der Waals surface area contributed by atoms with Crippen molar-refractivity contribution in [2.45, 2.75) is 51.0 Å². The van der Waals surface area contributed by atoms with Crippen LogP contribution < -0.4 is 0 Å². The molecule has 27 heavy (non-hydrogen) atoms. The van der Waals surface area contributed by atoms with Gasteiger partial charge in [-0.05, 0) is 24.8 Å². The van der Waals surface area contributed by atoms with Gasteiger partial charge in [-0.25, -0.2) is 4.98 Å². The third-order valence-corrected chi connectivity index (χ3v) is 5.16. The van der Waals surface area contributed by atoms with Gasteiger partial charge in [0.1, 0.15) is 0 Å². The van der Waals surface area contributed by atoms with Crippen molar-refractivity contribution in [1.82, 2.24) is 15.0 Å². The number of pyridine rings is 1. The lowest BCUT2D eigenvalue weighted by atomic mass is 10.00. The molecule has 1 aliphatic carbocycles. The van der Waals surface area contributed by atoms with Gasteiger partial charge in [0, 0.05) is 18.2 Å². The Morgan fingerprint density at radius 1 is 1.37 bits per heavy atom. The second-order valence-electron chi connectivity index (χ2n) is 7.60. The van der Waals surface area contributed by atoms with Crippen LogP contribution in [0, 0.1) is 0 Å². The van der Waals surface area contributed by atoms with E-state index in [0.717, 1.165) is 18.5 Å². The zero-order valence-electron chi connectivity index (χ0n) is 15.5. The summed E-state index contributed by atoms with van der Waals surface area (Å²) in [5, 5.41) is 14.0. The highest BCUT2D eigenvalue weighted by Gasteiger charge is 2.34. The maximum atomic E-state index is 13.5. The molecule has 1 saturated carbocycles. The molecule has 1 atom stereocenters. The Morgan fingerprint density at radius 2 is 2.15 bits per heavy atom. The fourth-order valence-electron chi connectivity index (χ4n) is 3.59. The van der Waals surface area contributed by atoms with Crippen LogP contribution in [0.15, 0.2) is 10.6 Å². The number of aliphatic carboxylic acids is 1. The maximum absolute atomic E-state index is 13.5. The van der Waals surface area contributed by atoms with Crippen molar-refractivity contribution in [3.05, 3.63) is 23.0 Å². The lowest BCUT2D eigenvalue weighted by Gasteiger charge is -2.35. The fourth-order valence-corrected chi connectivity index (χ4v) is 3.59. The number of hydrogen-bond acceptors (Lipinski definition) is 6. The second-order valence-corrected chi connectivity index (χ2v) is 7.60. The first-order valence-electron chi connectivity index (χ1n) is 9.36. The van der Waals surface area contributed by atoms with Crippen LogP contribution in [0.25, 0.3) is 11.1 Å². The Labute approximate surface area is 156 Å². The molecule has 0 aromatic carbocycles. The van der Waals surface area contributed by atoms with Crippen LogP contribution in [-0.4, -0.2) is 57.8 Å². The lowest BCUT2D eigenvalue weighted by molar-refractivity contribution is -0.139. The molecule has 0 bridgehead atoms. The van der Waals surface area contributed by atoms with Crippen LogP contribution in [0.5, 0.6) is 0 Å². The average molecular weight is 373 g/mol. The van der Waals surface area contributed by atoms with Gasteiger partial charge < -0.3 is 19.3 Å². The molecule has 1 saturated heterocycles. The topological polar surface area (TPSA) is 106 Å². The summed E-state index contributed by atoms with van der Waals surface area (Å²) in [7, 11) is 0. The van der Waals surface area contributed by atoms with Crippen molar-refractivity contribution in [1.29, 1.82) is 0 Å². The first-order chi connectivity index (χ1) is 13.0. The largest absolute Gasteiger partial charge is 0.481 e. The Bertz CT molecular complexity index is 887. The third-order valence-electron chi connectivity index (χ3n) is 5.16. The van der Waals surface area contributed by atoms with Gasteiger partial charge in [0.05, 0.1) is 42.3 Å². The predicted octanol–water partition coefficient (Wildman–Crippen LogP) is 2.54. The van der Waals surface area contributed by atoms with E-state index in [9.17, 15) is 14.7 Å². The summed E-state index contributed by atoms with van der Waals surface area (Å²) >= 11 is 0. The minimum atomic E-state index is -0.949. The zero-order valence-corrected chi connectivity index (χ0v) is 15.5. The Balaban J connectivity index is 1.79. The molecule has 8 heteroatoms. The standard InChI is InChI=1S/C19H23N3O5/c1-10(2)17-16-13(8-14(11-3-4-11)20-18(16)27-21-17)19(25)22-5-6-26-9-12(22)7-15(23)24/h8,10-12H,3-7,9H2,1-2H3,(H,23,24). The van der Waals surface area contributed by atoms with E-state index in [1.54, 1.807) is 4.90 Å². The highest BCUT2D eigenvalue weighted by molar-refractivity contribution is 6.06. The molecule has 1 N–H and O–H groups in total. The van der Waals surface area contributed by atoms with Gasteiger partial charge in [0.2, 0.25) is 0 Å². The molecule has 1 amide bonds. The number of nitrogens with zero attached hydrogens (tertiary/aromatic N) is 3. The molecule has 3 heterocycles. The SMILES string of the molecule is CC(C)c1noc2nc(C3CC3)cc(C(=O)N3CCOCC3CC(=O)O)c12. The summed E-state index contributed by atoms with van der Waals surface area (Å²) in [6, 6.07) is 1.36. The molecular weight excluding hydrogens is 350 g/mol. The van der Waals surface area contributed by atoms with Crippen molar-refractivity contribution >= 4 is 23.0 Å². The van der Waals surface area contributed by atoms with Crippen LogP contribution in [0.1, 0.15) is 66.7 Å². The highest BCUT2D eigenvalue weighted by atomic mass is 16.5. The van der Waals surface area contributed by atoms with E-state index in [-0.39, 0.29) is 24.9 Å². The molecule has 8 nitrogen and oxygen atoms in total. The number of hydrogen-bond donors (Lipinski definition) is 1. The molecule has 0 radical (unpaired) electrons. The van der Waals surface area contributed by atoms with Crippen molar-refractivity contribution < 1.29 is 24.0 Å². The van der Waals surface area contributed by atoms with Crippen molar-refractivity contribution in [3.8, 4) is 0 Å². The summed E-state index contributed by atoms with van der Waals surface area (Å²) in [5.41, 5.74) is 2.44. The Morgan fingerprint density at radius 3 is 2.81 bits per heavy atom. The summed E-state index contributed by atoms with van der Waals surface area (Å²) in [4.78, 5) is 30.9. The second kappa shape index (κ2) is 6.92. The molecule has 2 fully saturated rings. The van der Waals surface area contributed by atoms with Crippen LogP contribution >= 0.6 is 0 Å². The number of amides is 1. The van der Waals surface area contributed by atoms with Gasteiger partial charge >= 0.3 is 5.97 Å². The summed E-state index contributed by atoms with van der Waals surface area (Å²) in [6.07, 6.45) is 1.96. The molecule has 1 unspecified atom stereocenters. The number of carboxylic acids is 1. The number of carbonyl (C=O) groups is 2. The number of ether oxygens (including phenoxy) is 1. The number of carbonyl (C=O) groups excluding carboxylic acids is 1. The molecule has 1 aliphatic heterocycles. The molecular formula is C19H23N3O5. The van der Waals surface area contributed by atoms with Crippen LogP contribution in [0.4, 0.5) is 0 Å². The summed E-state index contributed by atoms with van der Waals surface area (Å²) in [5.74, 6) is -0.724. The van der Waals surface area contributed by atoms with Crippen molar-refractivity contribution in [2.24, 2.45) is 0 Å². The van der Waals surface area contributed by atoms with E-state index in [1.165, 1.54) is 0 Å². The Kier molecular flexibility index (Phi) is 4.59. The molecule has 2 aromatic rings. The fraction of sp³-hybridized carbons (Fsp3) is 0.579. The number of rotatable bonds is 5. The number of aromatic nitrogens is 2. The van der Waals surface area contributed by atoms with Crippen LogP contribution in [-0.2, 0) is 9.53 Å². The van der Waals surface area contributed by atoms with Crippen molar-refractivity contribution in [3.63, 3.8) is 0 Å². The lowest BCUT2D eigenvalue weighted by Crippen LogP contribution is -2.49. The van der Waals surface area contributed by atoms with E-state index in [4.69, 9.17) is 9.26 Å². The minimum Gasteiger partial charge on any atom is -0.481 e. The van der Waals surface area contributed by atoms with Crippen LogP contribution in [0.3, 0.4) is 0 Å². The normalized spacial score (nSPS) is 20.4.